The molecule has 0 radical (unpaired) electrons. The van der Waals surface area contributed by atoms with E-state index in [0.717, 1.165) is 29.3 Å². The molecule has 0 saturated heterocycles. The summed E-state index contributed by atoms with van der Waals surface area (Å²) >= 11 is 0. The van der Waals surface area contributed by atoms with E-state index in [4.69, 9.17) is 4.42 Å². The lowest BCUT2D eigenvalue weighted by Crippen LogP contribution is -2.21. The van der Waals surface area contributed by atoms with Crippen molar-refractivity contribution in [2.75, 3.05) is 4.90 Å². The summed E-state index contributed by atoms with van der Waals surface area (Å²) in [5.74, 6) is -1.06. The van der Waals surface area contributed by atoms with Gasteiger partial charge in [-0.3, -0.25) is 4.79 Å². The number of phenols is 2. The van der Waals surface area contributed by atoms with Crippen LogP contribution in [-0.4, -0.2) is 16.5 Å². The molecule has 152 valence electrons. The lowest BCUT2D eigenvalue weighted by molar-refractivity contribution is -0.108. The molecule has 6 heteroatoms. The predicted octanol–water partition coefficient (Wildman–Crippen LogP) is 4.68. The SMILES string of the molecule is O=CC1C(c2cc(=O)c3c(O)cc(O)cc3o2)=CN(c2ccccc2)c2ccccc21. The number of aromatic hydroxyl groups is 2. The van der Waals surface area contributed by atoms with Gasteiger partial charge >= 0.3 is 0 Å². The predicted molar refractivity (Wildman–Crippen MR) is 118 cm³/mol. The Bertz CT molecular complexity index is 1400. The summed E-state index contributed by atoms with van der Waals surface area (Å²) in [6.45, 7) is 0. The van der Waals surface area contributed by atoms with Gasteiger partial charge in [0.25, 0.3) is 0 Å². The Morgan fingerprint density at radius 3 is 2.45 bits per heavy atom. The first-order chi connectivity index (χ1) is 15.1. The van der Waals surface area contributed by atoms with Gasteiger partial charge in [0.1, 0.15) is 34.5 Å². The third-order valence-electron chi connectivity index (χ3n) is 5.38. The number of hydrogen-bond acceptors (Lipinski definition) is 6. The first-order valence-corrected chi connectivity index (χ1v) is 9.67. The maximum Gasteiger partial charge on any atom is 0.197 e. The van der Waals surface area contributed by atoms with Crippen molar-refractivity contribution in [1.29, 1.82) is 0 Å². The Labute approximate surface area is 176 Å². The van der Waals surface area contributed by atoms with Crippen LogP contribution in [0.2, 0.25) is 0 Å². The van der Waals surface area contributed by atoms with Crippen LogP contribution in [0.5, 0.6) is 11.5 Å². The molecule has 2 heterocycles. The fraction of sp³-hybridized carbons (Fsp3) is 0.0400. The lowest BCUT2D eigenvalue weighted by Gasteiger charge is -2.32. The van der Waals surface area contributed by atoms with Crippen molar-refractivity contribution < 1.29 is 19.4 Å². The van der Waals surface area contributed by atoms with Crippen LogP contribution in [0.25, 0.3) is 16.5 Å². The number of nitrogens with zero attached hydrogens (tertiary/aromatic N) is 1. The fourth-order valence-corrected chi connectivity index (χ4v) is 3.99. The number of anilines is 2. The van der Waals surface area contributed by atoms with Crippen molar-refractivity contribution >= 4 is 34.2 Å². The molecule has 6 nitrogen and oxygen atoms in total. The van der Waals surface area contributed by atoms with Crippen LogP contribution < -0.4 is 10.3 Å². The van der Waals surface area contributed by atoms with E-state index >= 15 is 0 Å². The van der Waals surface area contributed by atoms with Crippen LogP contribution in [0.3, 0.4) is 0 Å². The van der Waals surface area contributed by atoms with Crippen LogP contribution in [0.4, 0.5) is 11.4 Å². The van der Waals surface area contributed by atoms with Crippen LogP contribution in [-0.2, 0) is 4.79 Å². The van der Waals surface area contributed by atoms with E-state index in [0.29, 0.717) is 5.57 Å². The number of allylic oxidation sites excluding steroid dienone is 1. The summed E-state index contributed by atoms with van der Waals surface area (Å²) in [7, 11) is 0. The molecule has 0 fully saturated rings. The number of aldehydes is 1. The zero-order valence-electron chi connectivity index (χ0n) is 16.2. The number of phenolic OH excluding ortho intramolecular Hbond substituents is 2. The highest BCUT2D eigenvalue weighted by molar-refractivity contribution is 5.94. The second-order valence-electron chi connectivity index (χ2n) is 7.28. The monoisotopic (exact) mass is 411 g/mol. The zero-order valence-corrected chi connectivity index (χ0v) is 16.2. The molecular formula is C25H17NO5. The Morgan fingerprint density at radius 1 is 0.935 bits per heavy atom. The molecule has 0 bridgehead atoms. The van der Waals surface area contributed by atoms with Crippen LogP contribution in [0, 0.1) is 0 Å². The summed E-state index contributed by atoms with van der Waals surface area (Å²) in [6, 6.07) is 20.8. The van der Waals surface area contributed by atoms with E-state index in [9.17, 15) is 19.8 Å². The molecule has 1 aliphatic heterocycles. The Morgan fingerprint density at radius 2 is 1.68 bits per heavy atom. The summed E-state index contributed by atoms with van der Waals surface area (Å²) < 4.78 is 5.90. The van der Waals surface area contributed by atoms with Gasteiger partial charge in [-0.2, -0.15) is 0 Å². The van der Waals surface area contributed by atoms with Gasteiger partial charge in [-0.15, -0.1) is 0 Å². The average Bonchev–Trinajstić information content (AvgIpc) is 2.77. The molecule has 4 aromatic rings. The van der Waals surface area contributed by atoms with Crippen molar-refractivity contribution in [3.8, 4) is 11.5 Å². The quantitative estimate of drug-likeness (QED) is 0.476. The molecule has 1 unspecified atom stereocenters. The molecule has 0 saturated carbocycles. The topological polar surface area (TPSA) is 91.0 Å². The first kappa shape index (κ1) is 18.7. The standard InChI is InChI=1S/C25H17NO5/c27-14-19-17-8-4-5-9-20(17)26(15-6-2-1-3-7-15)13-18(19)23-12-22(30)25-21(29)10-16(28)11-24(25)31-23/h1-14,19,28-29H. The zero-order chi connectivity index (χ0) is 21.5. The van der Waals surface area contributed by atoms with Crippen LogP contribution in [0.15, 0.2) is 88.2 Å². The summed E-state index contributed by atoms with van der Waals surface area (Å²) in [5, 5.41) is 19.8. The molecule has 1 aromatic heterocycles. The van der Waals surface area contributed by atoms with Gasteiger partial charge in [0.15, 0.2) is 5.43 Å². The summed E-state index contributed by atoms with van der Waals surface area (Å²) in [4.78, 5) is 26.8. The van der Waals surface area contributed by atoms with E-state index in [2.05, 4.69) is 0 Å². The van der Waals surface area contributed by atoms with Gasteiger partial charge in [-0.1, -0.05) is 36.4 Å². The van der Waals surface area contributed by atoms with Crippen LogP contribution in [0.1, 0.15) is 17.2 Å². The van der Waals surface area contributed by atoms with Gasteiger partial charge in [-0.05, 0) is 23.8 Å². The minimum absolute atomic E-state index is 0.0269. The third-order valence-corrected chi connectivity index (χ3v) is 5.38. The molecule has 0 amide bonds. The molecule has 1 aliphatic rings. The van der Waals surface area contributed by atoms with E-state index < -0.39 is 11.3 Å². The van der Waals surface area contributed by atoms with Crippen LogP contribution >= 0.6 is 0 Å². The minimum Gasteiger partial charge on any atom is -0.508 e. The summed E-state index contributed by atoms with van der Waals surface area (Å²) in [6.07, 6.45) is 2.60. The highest BCUT2D eigenvalue weighted by Crippen LogP contribution is 2.44. The Balaban J connectivity index is 1.77. The van der Waals surface area contributed by atoms with Crippen molar-refractivity contribution in [2.45, 2.75) is 5.92 Å². The van der Waals surface area contributed by atoms with Crippen molar-refractivity contribution in [1.82, 2.24) is 0 Å². The van der Waals surface area contributed by atoms with Gasteiger partial charge < -0.3 is 24.3 Å². The van der Waals surface area contributed by atoms with Gasteiger partial charge in [0.05, 0.1) is 5.92 Å². The average molecular weight is 411 g/mol. The fourth-order valence-electron chi connectivity index (χ4n) is 3.99. The Hall–Kier alpha value is -4.32. The minimum atomic E-state index is -0.650. The number of rotatable bonds is 3. The number of carbonyl (C=O) groups is 1. The molecule has 0 aliphatic carbocycles. The molecule has 2 N–H and O–H groups in total. The van der Waals surface area contributed by atoms with Crippen molar-refractivity contribution in [3.05, 3.63) is 101 Å². The van der Waals surface area contributed by atoms with E-state index in [1.165, 1.54) is 12.1 Å². The molecule has 3 aromatic carbocycles. The largest absolute Gasteiger partial charge is 0.508 e. The third kappa shape index (κ3) is 3.05. The maximum absolute atomic E-state index is 12.7. The number of hydrogen-bond donors (Lipinski definition) is 2. The van der Waals surface area contributed by atoms with Gasteiger partial charge in [0.2, 0.25) is 0 Å². The first-order valence-electron chi connectivity index (χ1n) is 9.67. The smallest absolute Gasteiger partial charge is 0.197 e. The molecule has 0 spiro atoms. The van der Waals surface area contributed by atoms with E-state index in [1.807, 2.05) is 59.5 Å². The molecule has 5 rings (SSSR count). The molecular weight excluding hydrogens is 394 g/mol. The number of fused-ring (bicyclic) bond motifs is 2. The molecule has 31 heavy (non-hydrogen) atoms. The second kappa shape index (κ2) is 7.18. The maximum atomic E-state index is 12.7. The number of carbonyl (C=O) groups excluding carboxylic acids is 1. The van der Waals surface area contributed by atoms with E-state index in [1.54, 1.807) is 6.20 Å². The summed E-state index contributed by atoms with van der Waals surface area (Å²) in [5.41, 5.74) is 2.59. The normalized spacial score (nSPS) is 15.4. The highest BCUT2D eigenvalue weighted by Gasteiger charge is 2.30. The van der Waals surface area contributed by atoms with Gasteiger partial charge in [-0.25, -0.2) is 0 Å². The Kier molecular flexibility index (Phi) is 4.33. The number of benzene rings is 3. The van der Waals surface area contributed by atoms with Gasteiger partial charge in [0, 0.05) is 41.3 Å². The van der Waals surface area contributed by atoms with E-state index in [-0.39, 0.29) is 28.2 Å². The highest BCUT2D eigenvalue weighted by atomic mass is 16.3. The second-order valence-corrected chi connectivity index (χ2v) is 7.28. The van der Waals surface area contributed by atoms with Crippen molar-refractivity contribution in [3.63, 3.8) is 0 Å². The molecule has 1 atom stereocenters. The lowest BCUT2D eigenvalue weighted by atomic mass is 9.86. The van der Waals surface area contributed by atoms with Crippen molar-refractivity contribution in [2.24, 2.45) is 0 Å². The number of para-hydroxylation sites is 2.